The lowest BCUT2D eigenvalue weighted by Crippen LogP contribution is -2.53. The molecule has 1 aliphatic rings. The number of aliphatic carboxylic acids is 1. The number of nitrogens with one attached hydrogen (secondary N) is 3. The van der Waals surface area contributed by atoms with E-state index >= 15 is 0 Å². The van der Waals surface area contributed by atoms with Crippen molar-refractivity contribution >= 4 is 23.9 Å². The van der Waals surface area contributed by atoms with Crippen molar-refractivity contribution in [2.24, 2.45) is 0 Å². The van der Waals surface area contributed by atoms with Crippen LogP contribution in [0.4, 0.5) is 4.79 Å². The Morgan fingerprint density at radius 3 is 2.00 bits per heavy atom. The molecule has 0 saturated heterocycles. The van der Waals surface area contributed by atoms with Crippen LogP contribution in [0.1, 0.15) is 29.0 Å². The average Bonchev–Trinajstić information content (AvgIpc) is 3.22. The van der Waals surface area contributed by atoms with Crippen molar-refractivity contribution in [3.63, 3.8) is 0 Å². The number of carbonyl (C=O) groups is 4. The van der Waals surface area contributed by atoms with Gasteiger partial charge in [0.1, 0.15) is 12.6 Å². The van der Waals surface area contributed by atoms with Crippen LogP contribution in [-0.2, 0) is 25.5 Å². The number of hydrazine groups is 1. The Hall–Kier alpha value is -4.66. The molecule has 0 aliphatic heterocycles. The van der Waals surface area contributed by atoms with Crippen molar-refractivity contribution in [1.29, 1.82) is 0 Å². The lowest BCUT2D eigenvalue weighted by atomic mass is 9.98. The number of ether oxygens (including phenoxy) is 1. The van der Waals surface area contributed by atoms with Gasteiger partial charge in [-0.25, -0.2) is 15.0 Å². The fourth-order valence-corrected chi connectivity index (χ4v) is 4.28. The zero-order valence-electron chi connectivity index (χ0n) is 19.3. The van der Waals surface area contributed by atoms with Gasteiger partial charge in [-0.05, 0) is 40.7 Å². The number of fused-ring (bicyclic) bond motifs is 3. The molecule has 0 bridgehead atoms. The minimum Gasteiger partial charge on any atom is -0.474 e. The standard InChI is InChI=1S/C27H25N3O6/c31-24(23(28-25(32)26(33)34)15-14-17-8-2-1-3-9-17)29-30-27(35)36-16-22-20-12-6-4-10-18(20)19-11-5-7-13-21(19)22/h1-13,22-23H,14-16H2,(H,28,32)(H,29,31)(H,30,35)(H,33,34). The lowest BCUT2D eigenvalue weighted by molar-refractivity contribution is -0.151. The largest absolute Gasteiger partial charge is 0.474 e. The van der Waals surface area contributed by atoms with E-state index in [2.05, 4.69) is 16.2 Å². The summed E-state index contributed by atoms with van der Waals surface area (Å²) in [6.45, 7) is 0.0584. The highest BCUT2D eigenvalue weighted by Crippen LogP contribution is 2.44. The number of aryl methyl sites for hydroxylation is 1. The first-order valence-corrected chi connectivity index (χ1v) is 11.4. The topological polar surface area (TPSA) is 134 Å². The predicted molar refractivity (Wildman–Crippen MR) is 131 cm³/mol. The molecule has 3 amide bonds. The second kappa shape index (κ2) is 11.2. The molecule has 1 atom stereocenters. The summed E-state index contributed by atoms with van der Waals surface area (Å²) in [5.41, 5.74) is 9.56. The number of hydrogen-bond acceptors (Lipinski definition) is 5. The highest BCUT2D eigenvalue weighted by molar-refractivity contribution is 6.32. The highest BCUT2D eigenvalue weighted by Gasteiger charge is 2.29. The van der Waals surface area contributed by atoms with E-state index in [4.69, 9.17) is 9.84 Å². The zero-order valence-corrected chi connectivity index (χ0v) is 19.3. The van der Waals surface area contributed by atoms with Gasteiger partial charge < -0.3 is 15.2 Å². The molecule has 0 heterocycles. The number of carboxylic acids is 1. The first kappa shape index (κ1) is 24.5. The molecule has 4 N–H and O–H groups in total. The minimum atomic E-state index is -1.71. The smallest absolute Gasteiger partial charge is 0.426 e. The van der Waals surface area contributed by atoms with E-state index in [-0.39, 0.29) is 18.9 Å². The molecule has 0 saturated carbocycles. The van der Waals surface area contributed by atoms with Crippen LogP contribution in [0.2, 0.25) is 0 Å². The van der Waals surface area contributed by atoms with Crippen LogP contribution in [0.3, 0.4) is 0 Å². The molecule has 184 valence electrons. The van der Waals surface area contributed by atoms with Crippen LogP contribution >= 0.6 is 0 Å². The van der Waals surface area contributed by atoms with Gasteiger partial charge in [0.05, 0.1) is 0 Å². The molecule has 0 aromatic heterocycles. The van der Waals surface area contributed by atoms with Crippen LogP contribution in [0.15, 0.2) is 78.9 Å². The number of amides is 3. The molecule has 1 aliphatic carbocycles. The van der Waals surface area contributed by atoms with E-state index < -0.39 is 29.9 Å². The van der Waals surface area contributed by atoms with Crippen molar-refractivity contribution in [3.05, 3.63) is 95.6 Å². The van der Waals surface area contributed by atoms with Crippen molar-refractivity contribution in [3.8, 4) is 11.1 Å². The molecular weight excluding hydrogens is 462 g/mol. The van der Waals surface area contributed by atoms with Gasteiger partial charge in [0.2, 0.25) is 0 Å². The lowest BCUT2D eigenvalue weighted by Gasteiger charge is -2.18. The van der Waals surface area contributed by atoms with Crippen LogP contribution in [-0.4, -0.2) is 41.6 Å². The number of rotatable bonds is 7. The summed E-state index contributed by atoms with van der Waals surface area (Å²) in [7, 11) is 0. The molecule has 0 spiro atoms. The maximum atomic E-state index is 12.6. The Balaban J connectivity index is 1.33. The molecule has 9 nitrogen and oxygen atoms in total. The summed E-state index contributed by atoms with van der Waals surface area (Å²) in [5.74, 6) is -3.94. The molecule has 1 unspecified atom stereocenters. The summed E-state index contributed by atoms with van der Waals surface area (Å²) in [6, 6.07) is 23.8. The van der Waals surface area contributed by atoms with E-state index in [0.717, 1.165) is 27.8 Å². The van der Waals surface area contributed by atoms with Crippen molar-refractivity contribution < 1.29 is 29.0 Å². The Kier molecular flexibility index (Phi) is 7.60. The van der Waals surface area contributed by atoms with Gasteiger partial charge in [-0.15, -0.1) is 0 Å². The zero-order chi connectivity index (χ0) is 25.5. The van der Waals surface area contributed by atoms with Gasteiger partial charge in [-0.3, -0.25) is 15.0 Å². The third-order valence-corrected chi connectivity index (χ3v) is 6.01. The average molecular weight is 488 g/mol. The third-order valence-electron chi connectivity index (χ3n) is 6.01. The van der Waals surface area contributed by atoms with Gasteiger partial charge in [-0.1, -0.05) is 78.9 Å². The van der Waals surface area contributed by atoms with Crippen LogP contribution in [0, 0.1) is 0 Å². The summed E-state index contributed by atoms with van der Waals surface area (Å²) >= 11 is 0. The third kappa shape index (κ3) is 5.69. The Morgan fingerprint density at radius 1 is 0.806 bits per heavy atom. The first-order chi connectivity index (χ1) is 17.4. The van der Waals surface area contributed by atoms with Gasteiger partial charge in [0.15, 0.2) is 0 Å². The van der Waals surface area contributed by atoms with E-state index in [0.29, 0.717) is 6.42 Å². The fraction of sp³-hybridized carbons (Fsp3) is 0.185. The van der Waals surface area contributed by atoms with Crippen LogP contribution in [0.25, 0.3) is 11.1 Å². The molecule has 3 aromatic carbocycles. The predicted octanol–water partition coefficient (Wildman–Crippen LogP) is 2.76. The number of carbonyl (C=O) groups excluding carboxylic acids is 3. The van der Waals surface area contributed by atoms with Crippen molar-refractivity contribution in [2.45, 2.75) is 24.8 Å². The Morgan fingerprint density at radius 2 is 1.39 bits per heavy atom. The summed E-state index contributed by atoms with van der Waals surface area (Å²) in [4.78, 5) is 47.6. The molecule has 4 rings (SSSR count). The molecule has 36 heavy (non-hydrogen) atoms. The van der Waals surface area contributed by atoms with E-state index in [9.17, 15) is 19.2 Å². The van der Waals surface area contributed by atoms with Crippen LogP contribution < -0.4 is 16.2 Å². The second-order valence-corrected chi connectivity index (χ2v) is 8.30. The number of benzene rings is 3. The van der Waals surface area contributed by atoms with Crippen molar-refractivity contribution in [1.82, 2.24) is 16.2 Å². The van der Waals surface area contributed by atoms with E-state index in [1.165, 1.54) is 0 Å². The molecular formula is C27H25N3O6. The quantitative estimate of drug-likeness (QED) is 0.299. The maximum Gasteiger partial charge on any atom is 0.426 e. The second-order valence-electron chi connectivity index (χ2n) is 8.30. The summed E-state index contributed by atoms with van der Waals surface area (Å²) in [6.07, 6.45) is -0.345. The SMILES string of the molecule is O=C(NNC(=O)C(CCc1ccccc1)NC(=O)C(=O)O)OCC1c2ccccc2-c2ccccc21. The molecule has 0 fully saturated rings. The number of hydrogen-bond donors (Lipinski definition) is 4. The van der Waals surface area contributed by atoms with Crippen molar-refractivity contribution in [2.75, 3.05) is 6.61 Å². The molecule has 3 aromatic rings. The Labute approximate surface area is 207 Å². The summed E-state index contributed by atoms with van der Waals surface area (Å²) < 4.78 is 5.37. The minimum absolute atomic E-state index is 0.0584. The molecule has 9 heteroatoms. The van der Waals surface area contributed by atoms with Gasteiger partial charge >= 0.3 is 18.0 Å². The van der Waals surface area contributed by atoms with Gasteiger partial charge in [-0.2, -0.15) is 0 Å². The van der Waals surface area contributed by atoms with E-state index in [1.807, 2.05) is 78.9 Å². The Bertz CT molecular complexity index is 1230. The highest BCUT2D eigenvalue weighted by atomic mass is 16.6. The van der Waals surface area contributed by atoms with Gasteiger partial charge in [0, 0.05) is 5.92 Å². The first-order valence-electron chi connectivity index (χ1n) is 11.4. The van der Waals surface area contributed by atoms with Gasteiger partial charge in [0.25, 0.3) is 5.91 Å². The fourth-order valence-electron chi connectivity index (χ4n) is 4.28. The summed E-state index contributed by atoms with van der Waals surface area (Å²) in [5, 5.41) is 11.1. The maximum absolute atomic E-state index is 12.6. The number of carboxylic acid groups (broad SMARTS) is 1. The van der Waals surface area contributed by atoms with E-state index in [1.54, 1.807) is 0 Å². The normalized spacial score (nSPS) is 12.6. The van der Waals surface area contributed by atoms with Crippen LogP contribution in [0.5, 0.6) is 0 Å². The molecule has 0 radical (unpaired) electrons. The monoisotopic (exact) mass is 487 g/mol.